The number of aliphatic hydroxyl groups is 3. The normalized spacial score (nSPS) is 41.4. The maximum atomic E-state index is 14.1. The Kier molecular flexibility index (Phi) is 6.43. The lowest BCUT2D eigenvalue weighted by Crippen LogP contribution is -2.73. The van der Waals surface area contributed by atoms with Gasteiger partial charge in [-0.15, -0.1) is 0 Å². The average molecular weight is 545 g/mol. The monoisotopic (exact) mass is 544 g/mol. The Morgan fingerprint density at radius 2 is 1.69 bits per heavy atom. The second-order valence-electron chi connectivity index (χ2n) is 13.7. The van der Waals surface area contributed by atoms with E-state index in [0.717, 1.165) is 0 Å². The number of aliphatic hydroxyl groups excluding tert-OH is 1. The van der Waals surface area contributed by atoms with Gasteiger partial charge in [-0.3, -0.25) is 24.0 Å². The molecule has 0 spiro atoms. The van der Waals surface area contributed by atoms with E-state index in [4.69, 9.17) is 5.11 Å². The van der Waals surface area contributed by atoms with Gasteiger partial charge in [0.2, 0.25) is 0 Å². The van der Waals surface area contributed by atoms with E-state index >= 15 is 0 Å². The van der Waals surface area contributed by atoms with Crippen molar-refractivity contribution >= 4 is 29.1 Å². The van der Waals surface area contributed by atoms with Crippen LogP contribution in [-0.2, 0) is 24.0 Å². The molecule has 0 unspecified atom stereocenters. The number of Topliss-reactive ketones (excluding diaryl/α,β-unsaturated/α-hetero) is 3. The van der Waals surface area contributed by atoms with E-state index in [2.05, 4.69) is 0 Å². The van der Waals surface area contributed by atoms with E-state index in [9.17, 15) is 39.3 Å². The zero-order valence-electron chi connectivity index (χ0n) is 23.8. The molecule has 0 heterocycles. The highest BCUT2D eigenvalue weighted by molar-refractivity contribution is 6.07. The molecule has 2 saturated carbocycles. The molecule has 9 heteroatoms. The fourth-order valence-electron chi connectivity index (χ4n) is 8.40. The SMILES string of the molecule is C[C@@H](CC(=O)C[C@](C)(O)C1=C[C@@H](O)[C@]2(C)[C@]1(C)C(=O)C=C1[C@@]2(O)C(=O)C[C@@H]2C(C)(C)C(=O)CC[C@]12C)C(=O)O. The second kappa shape index (κ2) is 8.51. The van der Waals surface area contributed by atoms with Crippen molar-refractivity contribution < 1.29 is 44.4 Å². The lowest BCUT2D eigenvalue weighted by molar-refractivity contribution is -0.195. The molecule has 4 aliphatic rings. The molecule has 0 aromatic rings. The largest absolute Gasteiger partial charge is 0.481 e. The Bertz CT molecular complexity index is 1250. The fourth-order valence-corrected chi connectivity index (χ4v) is 8.40. The minimum absolute atomic E-state index is 0.00859. The Morgan fingerprint density at radius 1 is 1.10 bits per heavy atom. The molecule has 0 aromatic heterocycles. The number of rotatable bonds is 6. The van der Waals surface area contributed by atoms with Crippen molar-refractivity contribution in [3.63, 3.8) is 0 Å². The molecule has 39 heavy (non-hydrogen) atoms. The Labute approximate surface area is 228 Å². The lowest BCUT2D eigenvalue weighted by Gasteiger charge is -2.64. The molecule has 0 amide bonds. The van der Waals surface area contributed by atoms with Crippen LogP contribution in [-0.4, -0.2) is 66.8 Å². The number of carbonyl (C=O) groups excluding carboxylic acids is 4. The molecule has 0 bridgehead atoms. The molecule has 0 aliphatic heterocycles. The topological polar surface area (TPSA) is 166 Å². The Balaban J connectivity index is 1.84. The van der Waals surface area contributed by atoms with Gasteiger partial charge < -0.3 is 20.4 Å². The number of carboxylic acids is 1. The summed E-state index contributed by atoms with van der Waals surface area (Å²) in [5, 5.41) is 44.7. The average Bonchev–Trinajstić information content (AvgIpc) is 3.04. The van der Waals surface area contributed by atoms with Crippen LogP contribution in [0.25, 0.3) is 0 Å². The quantitative estimate of drug-likeness (QED) is 0.367. The van der Waals surface area contributed by atoms with E-state index in [0.29, 0.717) is 6.42 Å². The molecule has 9 nitrogen and oxygen atoms in total. The van der Waals surface area contributed by atoms with Gasteiger partial charge in [0.15, 0.2) is 17.2 Å². The third-order valence-electron chi connectivity index (χ3n) is 11.1. The summed E-state index contributed by atoms with van der Waals surface area (Å²) >= 11 is 0. The van der Waals surface area contributed by atoms with E-state index < -0.39 is 80.5 Å². The zero-order chi connectivity index (χ0) is 29.7. The van der Waals surface area contributed by atoms with Crippen molar-refractivity contribution in [2.24, 2.45) is 33.5 Å². The number of hydrogen-bond donors (Lipinski definition) is 4. The van der Waals surface area contributed by atoms with Crippen LogP contribution in [0.3, 0.4) is 0 Å². The zero-order valence-corrected chi connectivity index (χ0v) is 23.8. The van der Waals surface area contributed by atoms with Gasteiger partial charge in [0.25, 0.3) is 0 Å². The second-order valence-corrected chi connectivity index (χ2v) is 13.7. The molecule has 2 fully saturated rings. The smallest absolute Gasteiger partial charge is 0.306 e. The molecule has 4 rings (SSSR count). The highest BCUT2D eigenvalue weighted by Gasteiger charge is 2.78. The van der Waals surface area contributed by atoms with Crippen LogP contribution >= 0.6 is 0 Å². The first kappa shape index (κ1) is 29.5. The fraction of sp³-hybridized carbons (Fsp3) is 0.700. The van der Waals surface area contributed by atoms with Crippen LogP contribution in [0.2, 0.25) is 0 Å². The minimum atomic E-state index is -2.27. The number of hydrogen-bond acceptors (Lipinski definition) is 8. The first-order valence-corrected chi connectivity index (χ1v) is 13.6. The van der Waals surface area contributed by atoms with Crippen LogP contribution < -0.4 is 0 Å². The van der Waals surface area contributed by atoms with Crippen molar-refractivity contribution in [1.29, 1.82) is 0 Å². The summed E-state index contributed by atoms with van der Waals surface area (Å²) in [6.45, 7) is 11.1. The maximum Gasteiger partial charge on any atom is 0.306 e. The summed E-state index contributed by atoms with van der Waals surface area (Å²) in [7, 11) is 0. The van der Waals surface area contributed by atoms with Crippen LogP contribution in [0, 0.1) is 33.5 Å². The molecular formula is C30H40O9. The first-order chi connectivity index (χ1) is 17.6. The summed E-state index contributed by atoms with van der Waals surface area (Å²) in [6.07, 6.45) is 0.604. The molecular weight excluding hydrogens is 504 g/mol. The maximum absolute atomic E-state index is 14.1. The molecule has 8 atom stereocenters. The van der Waals surface area contributed by atoms with Gasteiger partial charge in [-0.1, -0.05) is 40.7 Å². The van der Waals surface area contributed by atoms with Crippen molar-refractivity contribution in [3.8, 4) is 0 Å². The van der Waals surface area contributed by atoms with Crippen LogP contribution in [0.4, 0.5) is 0 Å². The standard InChI is InChI=1S/C30H40O9/c1-15(24(36)37)10-16(31)14-27(5,38)19-13-22(34)29(7)28(19,6)21(33)12-18-26(4)9-8-20(32)25(2,3)17(26)11-23(35)30(18,29)39/h12-13,15,17,22,34,38-39H,8-11,14H2,1-7H3,(H,36,37)/t15-,17+,22+,26-,27-,28-,29+,30+/m0/s1. The highest BCUT2D eigenvalue weighted by atomic mass is 16.4. The summed E-state index contributed by atoms with van der Waals surface area (Å²) in [5.41, 5.74) is -9.33. The van der Waals surface area contributed by atoms with Gasteiger partial charge in [0.05, 0.1) is 28.5 Å². The summed E-state index contributed by atoms with van der Waals surface area (Å²) in [6, 6.07) is 0. The third kappa shape index (κ3) is 3.51. The van der Waals surface area contributed by atoms with Gasteiger partial charge in [-0.05, 0) is 48.8 Å². The van der Waals surface area contributed by atoms with Crippen molar-refractivity contribution in [1.82, 2.24) is 0 Å². The van der Waals surface area contributed by atoms with Crippen molar-refractivity contribution in [2.45, 2.75) is 97.9 Å². The molecule has 4 aliphatic carbocycles. The van der Waals surface area contributed by atoms with Gasteiger partial charge in [0, 0.05) is 31.1 Å². The van der Waals surface area contributed by atoms with Crippen LogP contribution in [0.1, 0.15) is 80.6 Å². The molecule has 0 aromatic carbocycles. The predicted octanol–water partition coefficient (Wildman–Crippen LogP) is 2.35. The van der Waals surface area contributed by atoms with E-state index in [-0.39, 0.29) is 36.2 Å². The lowest BCUT2D eigenvalue weighted by atomic mass is 9.38. The summed E-state index contributed by atoms with van der Waals surface area (Å²) in [5.74, 6) is -4.23. The van der Waals surface area contributed by atoms with Crippen molar-refractivity contribution in [3.05, 3.63) is 23.3 Å². The van der Waals surface area contributed by atoms with E-state index in [1.807, 2.05) is 6.92 Å². The number of carbonyl (C=O) groups is 5. The van der Waals surface area contributed by atoms with Gasteiger partial charge in [0.1, 0.15) is 11.6 Å². The molecule has 0 radical (unpaired) electrons. The van der Waals surface area contributed by atoms with E-state index in [1.165, 1.54) is 39.8 Å². The van der Waals surface area contributed by atoms with Gasteiger partial charge >= 0.3 is 5.97 Å². The summed E-state index contributed by atoms with van der Waals surface area (Å²) < 4.78 is 0. The number of ketones is 4. The Morgan fingerprint density at radius 3 is 2.26 bits per heavy atom. The van der Waals surface area contributed by atoms with Gasteiger partial charge in [-0.2, -0.15) is 0 Å². The van der Waals surface area contributed by atoms with Crippen LogP contribution in [0.5, 0.6) is 0 Å². The van der Waals surface area contributed by atoms with Crippen molar-refractivity contribution in [2.75, 3.05) is 0 Å². The number of fused-ring (bicyclic) bond motifs is 5. The Hall–Kier alpha value is -2.49. The predicted molar refractivity (Wildman–Crippen MR) is 139 cm³/mol. The van der Waals surface area contributed by atoms with Crippen LogP contribution in [0.15, 0.2) is 23.3 Å². The molecule has 214 valence electrons. The molecule has 0 saturated heterocycles. The molecule has 4 N–H and O–H groups in total. The number of aliphatic carboxylic acids is 1. The summed E-state index contributed by atoms with van der Waals surface area (Å²) in [4.78, 5) is 64.9. The number of allylic oxidation sites excluding steroid dienone is 1. The first-order valence-electron chi connectivity index (χ1n) is 13.6. The third-order valence-corrected chi connectivity index (χ3v) is 11.1. The van der Waals surface area contributed by atoms with Gasteiger partial charge in [-0.25, -0.2) is 0 Å². The number of carboxylic acid groups (broad SMARTS) is 1. The minimum Gasteiger partial charge on any atom is -0.481 e. The van der Waals surface area contributed by atoms with E-state index in [1.54, 1.807) is 13.8 Å². The highest BCUT2D eigenvalue weighted by Crippen LogP contribution is 2.71.